The van der Waals surface area contributed by atoms with E-state index in [-0.39, 0.29) is 36.6 Å². The van der Waals surface area contributed by atoms with E-state index >= 15 is 0 Å². The van der Waals surface area contributed by atoms with Crippen LogP contribution in [0.25, 0.3) is 0 Å². The van der Waals surface area contributed by atoms with Gasteiger partial charge in [-0.1, -0.05) is 0 Å². The summed E-state index contributed by atoms with van der Waals surface area (Å²) in [6.45, 7) is 7.26. The Balaban J connectivity index is 0.00000242. The molecule has 3 N–H and O–H groups in total. The minimum absolute atomic E-state index is 0. The minimum Gasteiger partial charge on any atom is -0.351 e. The first kappa shape index (κ1) is 22.1. The molecule has 0 bridgehead atoms. The monoisotopic (exact) mass is 383 g/mol. The lowest BCUT2D eigenvalue weighted by Crippen LogP contribution is -2.44. The van der Waals surface area contributed by atoms with Gasteiger partial charge < -0.3 is 20.9 Å². The van der Waals surface area contributed by atoms with Crippen molar-refractivity contribution < 1.29 is 9.59 Å². The Kier molecular flexibility index (Phi) is 11.1. The molecule has 1 saturated heterocycles. The molecule has 0 unspecified atom stereocenters. The van der Waals surface area contributed by atoms with Crippen LogP contribution in [0.1, 0.15) is 23.8 Å². The Hall–Kier alpha value is -0.930. The standard InChI is InChI=1S/C13H21N5O2S.2ClH/c1-10(19)16-13-17-11(9-21-13)12(20)15-3-2-6-18-7-4-14-5-8-18;;/h9,14H,2-8H2,1H3,(H,15,20)(H,16,17,19);2*1H. The molecule has 132 valence electrons. The number of carbonyl (C=O) groups excluding carboxylic acids is 2. The average molecular weight is 384 g/mol. The second-order valence-electron chi connectivity index (χ2n) is 4.92. The molecule has 23 heavy (non-hydrogen) atoms. The molecule has 10 heteroatoms. The van der Waals surface area contributed by atoms with Crippen molar-refractivity contribution in [2.45, 2.75) is 13.3 Å². The van der Waals surface area contributed by atoms with Gasteiger partial charge >= 0.3 is 0 Å². The highest BCUT2D eigenvalue weighted by Gasteiger charge is 2.12. The predicted molar refractivity (Wildman–Crippen MR) is 97.2 cm³/mol. The van der Waals surface area contributed by atoms with Crippen LogP contribution < -0.4 is 16.0 Å². The SMILES string of the molecule is CC(=O)Nc1nc(C(=O)NCCCN2CCNCC2)cs1.Cl.Cl. The van der Waals surface area contributed by atoms with Gasteiger partial charge in [0.15, 0.2) is 5.13 Å². The van der Waals surface area contributed by atoms with E-state index in [1.165, 1.54) is 18.3 Å². The molecule has 0 spiro atoms. The van der Waals surface area contributed by atoms with Crippen molar-refractivity contribution in [3.63, 3.8) is 0 Å². The number of aromatic nitrogens is 1. The number of anilines is 1. The number of amides is 2. The lowest BCUT2D eigenvalue weighted by molar-refractivity contribution is -0.114. The Morgan fingerprint density at radius 3 is 2.70 bits per heavy atom. The van der Waals surface area contributed by atoms with E-state index in [4.69, 9.17) is 0 Å². The Morgan fingerprint density at radius 2 is 2.04 bits per heavy atom. The number of hydrogen-bond donors (Lipinski definition) is 3. The molecule has 1 fully saturated rings. The summed E-state index contributed by atoms with van der Waals surface area (Å²) in [5, 5.41) is 10.8. The van der Waals surface area contributed by atoms with Crippen molar-refractivity contribution in [3.05, 3.63) is 11.1 Å². The van der Waals surface area contributed by atoms with Crippen molar-refractivity contribution in [2.75, 3.05) is 44.6 Å². The van der Waals surface area contributed by atoms with E-state index in [9.17, 15) is 9.59 Å². The van der Waals surface area contributed by atoms with E-state index < -0.39 is 0 Å². The Labute approximate surface area is 152 Å². The van der Waals surface area contributed by atoms with Crippen LogP contribution >= 0.6 is 36.2 Å². The van der Waals surface area contributed by atoms with Crippen LogP contribution in [0.5, 0.6) is 0 Å². The van der Waals surface area contributed by atoms with Crippen molar-refractivity contribution in [1.82, 2.24) is 20.5 Å². The largest absolute Gasteiger partial charge is 0.351 e. The summed E-state index contributed by atoms with van der Waals surface area (Å²) in [7, 11) is 0. The fraction of sp³-hybridized carbons (Fsp3) is 0.615. The van der Waals surface area contributed by atoms with Gasteiger partial charge in [-0.3, -0.25) is 9.59 Å². The maximum absolute atomic E-state index is 11.9. The third-order valence-corrected chi connectivity index (χ3v) is 3.92. The van der Waals surface area contributed by atoms with Crippen LogP contribution in [0.4, 0.5) is 5.13 Å². The van der Waals surface area contributed by atoms with Crippen LogP contribution in [0, 0.1) is 0 Å². The average Bonchev–Trinajstić information content (AvgIpc) is 2.92. The van der Waals surface area contributed by atoms with Gasteiger partial charge in [0.2, 0.25) is 5.91 Å². The molecule has 0 atom stereocenters. The molecular formula is C13H23Cl2N5O2S. The molecule has 0 aliphatic carbocycles. The van der Waals surface area contributed by atoms with Gasteiger partial charge in [0.1, 0.15) is 5.69 Å². The molecule has 1 aromatic heterocycles. The number of thiazole rings is 1. The highest BCUT2D eigenvalue weighted by molar-refractivity contribution is 7.14. The van der Waals surface area contributed by atoms with Gasteiger partial charge in [0, 0.05) is 45.0 Å². The first-order valence-corrected chi connectivity index (χ1v) is 7.97. The number of nitrogens with zero attached hydrogens (tertiary/aromatic N) is 2. The van der Waals surface area contributed by atoms with Gasteiger partial charge in [-0.05, 0) is 13.0 Å². The first-order chi connectivity index (χ1) is 10.1. The van der Waals surface area contributed by atoms with Gasteiger partial charge in [0.05, 0.1) is 0 Å². The van der Waals surface area contributed by atoms with E-state index in [1.54, 1.807) is 5.38 Å². The zero-order valence-electron chi connectivity index (χ0n) is 13.0. The summed E-state index contributed by atoms with van der Waals surface area (Å²) in [5.74, 6) is -0.379. The summed E-state index contributed by atoms with van der Waals surface area (Å²) in [5.41, 5.74) is 0.353. The van der Waals surface area contributed by atoms with Crippen LogP contribution in [0.15, 0.2) is 5.38 Å². The van der Waals surface area contributed by atoms with Crippen LogP contribution in [0.3, 0.4) is 0 Å². The van der Waals surface area contributed by atoms with E-state index in [0.29, 0.717) is 17.4 Å². The van der Waals surface area contributed by atoms with E-state index in [1.807, 2.05) is 0 Å². The highest BCUT2D eigenvalue weighted by Crippen LogP contribution is 2.14. The molecule has 2 rings (SSSR count). The Bertz CT molecular complexity index is 494. The lowest BCUT2D eigenvalue weighted by Gasteiger charge is -2.26. The molecule has 1 aromatic rings. The second-order valence-corrected chi connectivity index (χ2v) is 5.78. The normalized spacial score (nSPS) is 14.3. The quantitative estimate of drug-likeness (QED) is 0.637. The zero-order chi connectivity index (χ0) is 15.1. The van der Waals surface area contributed by atoms with Crippen molar-refractivity contribution in [1.29, 1.82) is 0 Å². The number of rotatable bonds is 6. The molecular weight excluding hydrogens is 361 g/mol. The van der Waals surface area contributed by atoms with Gasteiger partial charge in [-0.25, -0.2) is 4.98 Å². The number of piperazine rings is 1. The summed E-state index contributed by atoms with van der Waals surface area (Å²) in [6, 6.07) is 0. The molecule has 0 radical (unpaired) electrons. The van der Waals surface area contributed by atoms with Crippen LogP contribution in [0.2, 0.25) is 0 Å². The fourth-order valence-corrected chi connectivity index (χ4v) is 2.85. The van der Waals surface area contributed by atoms with Crippen LogP contribution in [-0.2, 0) is 4.79 Å². The topological polar surface area (TPSA) is 86.4 Å². The molecule has 2 amide bonds. The molecule has 7 nitrogen and oxygen atoms in total. The molecule has 2 heterocycles. The first-order valence-electron chi connectivity index (χ1n) is 7.09. The van der Waals surface area contributed by atoms with Crippen LogP contribution in [-0.4, -0.2) is 61.0 Å². The summed E-state index contributed by atoms with van der Waals surface area (Å²) in [4.78, 5) is 29.3. The molecule has 0 aromatic carbocycles. The summed E-state index contributed by atoms with van der Waals surface area (Å²) in [6.07, 6.45) is 0.925. The van der Waals surface area contributed by atoms with Gasteiger partial charge in [0.25, 0.3) is 5.91 Å². The van der Waals surface area contributed by atoms with Crippen molar-refractivity contribution in [3.8, 4) is 0 Å². The maximum atomic E-state index is 11.9. The maximum Gasteiger partial charge on any atom is 0.270 e. The number of carbonyl (C=O) groups is 2. The van der Waals surface area contributed by atoms with Crippen molar-refractivity contribution >= 4 is 53.1 Å². The summed E-state index contributed by atoms with van der Waals surface area (Å²) >= 11 is 1.25. The lowest BCUT2D eigenvalue weighted by atomic mass is 10.3. The van der Waals surface area contributed by atoms with Gasteiger partial charge in [-0.2, -0.15) is 0 Å². The molecule has 1 aliphatic heterocycles. The minimum atomic E-state index is -0.192. The highest BCUT2D eigenvalue weighted by atomic mass is 35.5. The Morgan fingerprint density at radius 1 is 1.35 bits per heavy atom. The number of hydrogen-bond acceptors (Lipinski definition) is 6. The predicted octanol–water partition coefficient (Wildman–Crippen LogP) is 0.970. The molecule has 1 aliphatic rings. The van der Waals surface area contributed by atoms with Crippen molar-refractivity contribution in [2.24, 2.45) is 0 Å². The third kappa shape index (κ3) is 7.94. The van der Waals surface area contributed by atoms with E-state index in [0.717, 1.165) is 39.1 Å². The second kappa shape index (κ2) is 11.6. The number of halogens is 2. The van der Waals surface area contributed by atoms with Gasteiger partial charge in [-0.15, -0.1) is 36.2 Å². The third-order valence-electron chi connectivity index (χ3n) is 3.17. The zero-order valence-corrected chi connectivity index (χ0v) is 15.4. The smallest absolute Gasteiger partial charge is 0.270 e. The summed E-state index contributed by atoms with van der Waals surface area (Å²) < 4.78 is 0. The number of nitrogens with one attached hydrogen (secondary N) is 3. The van der Waals surface area contributed by atoms with E-state index in [2.05, 4.69) is 25.8 Å². The fourth-order valence-electron chi connectivity index (χ4n) is 2.12. The molecule has 0 saturated carbocycles.